The van der Waals surface area contributed by atoms with E-state index >= 15 is 0 Å². The number of nitrogens with one attached hydrogen (secondary N) is 1. The van der Waals surface area contributed by atoms with E-state index in [0.29, 0.717) is 11.4 Å². The van der Waals surface area contributed by atoms with Gasteiger partial charge in [-0.15, -0.1) is 15.3 Å². The predicted octanol–water partition coefficient (Wildman–Crippen LogP) is 3.03. The van der Waals surface area contributed by atoms with Gasteiger partial charge in [0.2, 0.25) is 5.82 Å². The van der Waals surface area contributed by atoms with Crippen LogP contribution in [0.3, 0.4) is 0 Å². The van der Waals surface area contributed by atoms with E-state index in [1.54, 1.807) is 4.68 Å². The number of aromatic nitrogens is 5. The minimum Gasteiger partial charge on any atom is -0.475 e. The monoisotopic (exact) mass is 325 g/mol. The number of carbonyl (C=O) groups is 1. The summed E-state index contributed by atoms with van der Waals surface area (Å²) in [4.78, 5) is 14.5. The maximum Gasteiger partial charge on any atom is 0.373 e. The molecule has 2 N–H and O–H groups in total. The number of H-pyrrole nitrogens is 1. The Morgan fingerprint density at radius 3 is 2.50 bits per heavy atom. The third-order valence-electron chi connectivity index (χ3n) is 3.45. The minimum atomic E-state index is -1.21. The van der Waals surface area contributed by atoms with Crippen molar-refractivity contribution in [3.8, 4) is 5.69 Å². The quantitative estimate of drug-likeness (QED) is 0.714. The van der Waals surface area contributed by atoms with Crippen molar-refractivity contribution in [2.24, 2.45) is 10.2 Å². The molecule has 1 aromatic carbocycles. The molecular formula is C15H15N7O2. The van der Waals surface area contributed by atoms with E-state index in [9.17, 15) is 4.79 Å². The fourth-order valence-electron chi connectivity index (χ4n) is 2.20. The fourth-order valence-corrected chi connectivity index (χ4v) is 2.20. The molecule has 24 heavy (non-hydrogen) atoms. The lowest BCUT2D eigenvalue weighted by Gasteiger charge is -2.04. The minimum absolute atomic E-state index is 0.0470. The van der Waals surface area contributed by atoms with Gasteiger partial charge < -0.3 is 5.11 Å². The van der Waals surface area contributed by atoms with E-state index in [4.69, 9.17) is 5.11 Å². The number of azo groups is 1. The topological polar surface area (TPSA) is 121 Å². The van der Waals surface area contributed by atoms with Gasteiger partial charge in [-0.1, -0.05) is 17.7 Å². The number of rotatable bonds is 4. The highest BCUT2D eigenvalue weighted by Gasteiger charge is 2.13. The molecule has 0 aliphatic rings. The lowest BCUT2D eigenvalue weighted by Crippen LogP contribution is -1.98. The highest BCUT2D eigenvalue weighted by molar-refractivity contribution is 5.83. The van der Waals surface area contributed by atoms with Gasteiger partial charge in [0.15, 0.2) is 0 Å². The maximum atomic E-state index is 10.8. The number of aryl methyl sites for hydroxylation is 2. The zero-order valence-electron chi connectivity index (χ0n) is 13.3. The van der Waals surface area contributed by atoms with Crippen LogP contribution in [0.2, 0.25) is 0 Å². The van der Waals surface area contributed by atoms with Crippen molar-refractivity contribution < 1.29 is 9.90 Å². The summed E-state index contributed by atoms with van der Waals surface area (Å²) in [6, 6.07) is 7.97. The van der Waals surface area contributed by atoms with Crippen LogP contribution in [0.5, 0.6) is 0 Å². The number of carboxylic acid groups (broad SMARTS) is 1. The van der Waals surface area contributed by atoms with E-state index in [1.165, 1.54) is 5.56 Å². The number of hydrogen-bond acceptors (Lipinski definition) is 6. The van der Waals surface area contributed by atoms with Gasteiger partial charge in [0.25, 0.3) is 5.95 Å². The van der Waals surface area contributed by atoms with E-state index in [0.717, 1.165) is 11.4 Å². The van der Waals surface area contributed by atoms with Crippen molar-refractivity contribution in [2.75, 3.05) is 0 Å². The number of aromatic amines is 1. The molecule has 0 saturated heterocycles. The summed E-state index contributed by atoms with van der Waals surface area (Å²) in [6.07, 6.45) is 0. The van der Waals surface area contributed by atoms with Crippen LogP contribution in [0.25, 0.3) is 5.69 Å². The summed E-state index contributed by atoms with van der Waals surface area (Å²) in [5.74, 6) is -1.54. The lowest BCUT2D eigenvalue weighted by molar-refractivity contribution is 0.0684. The molecule has 9 nitrogen and oxygen atoms in total. The van der Waals surface area contributed by atoms with Gasteiger partial charge >= 0.3 is 5.97 Å². The molecule has 0 unspecified atom stereocenters. The van der Waals surface area contributed by atoms with E-state index in [2.05, 4.69) is 30.5 Å². The summed E-state index contributed by atoms with van der Waals surface area (Å²) in [5.41, 5.74) is 4.20. The van der Waals surface area contributed by atoms with Gasteiger partial charge in [0.05, 0.1) is 17.1 Å². The summed E-state index contributed by atoms with van der Waals surface area (Å²) in [5, 5.41) is 27.2. The molecule has 0 fully saturated rings. The number of benzene rings is 1. The van der Waals surface area contributed by atoms with Crippen molar-refractivity contribution in [2.45, 2.75) is 20.8 Å². The van der Waals surface area contributed by atoms with Crippen LogP contribution < -0.4 is 0 Å². The number of nitrogens with zero attached hydrogens (tertiary/aromatic N) is 6. The molecule has 0 atom stereocenters. The second-order valence-electron chi connectivity index (χ2n) is 5.26. The Hall–Kier alpha value is -3.36. The first kappa shape index (κ1) is 15.5. The first-order valence-corrected chi connectivity index (χ1v) is 7.16. The second-order valence-corrected chi connectivity index (χ2v) is 5.26. The van der Waals surface area contributed by atoms with Gasteiger partial charge in [0.1, 0.15) is 5.69 Å². The highest BCUT2D eigenvalue weighted by atomic mass is 16.4. The average molecular weight is 325 g/mol. The molecule has 0 amide bonds. The van der Waals surface area contributed by atoms with Gasteiger partial charge in [0, 0.05) is 0 Å². The largest absolute Gasteiger partial charge is 0.475 e. The lowest BCUT2D eigenvalue weighted by atomic mass is 10.2. The van der Waals surface area contributed by atoms with Crippen molar-refractivity contribution in [3.05, 3.63) is 47.0 Å². The first-order chi connectivity index (χ1) is 11.5. The molecule has 0 aliphatic carbocycles. The van der Waals surface area contributed by atoms with Crippen LogP contribution in [0, 0.1) is 20.8 Å². The standard InChI is InChI=1S/C15H15N7O2/c1-8-4-6-11(7-5-8)22-10(3)12(9(2)21-22)17-19-15-16-13(14(23)24)18-20-15/h4-7H,1-3H3,(H,23,24)(H,16,18,20). The van der Waals surface area contributed by atoms with E-state index in [-0.39, 0.29) is 11.8 Å². The summed E-state index contributed by atoms with van der Waals surface area (Å²) < 4.78 is 1.78. The van der Waals surface area contributed by atoms with Gasteiger partial charge in [-0.3, -0.25) is 5.10 Å². The van der Waals surface area contributed by atoms with Crippen LogP contribution >= 0.6 is 0 Å². The molecule has 122 valence electrons. The Bertz CT molecular complexity index is 922. The summed E-state index contributed by atoms with van der Waals surface area (Å²) in [7, 11) is 0. The predicted molar refractivity (Wildman–Crippen MR) is 85.3 cm³/mol. The Balaban J connectivity index is 1.92. The molecule has 3 aromatic rings. The van der Waals surface area contributed by atoms with Crippen molar-refractivity contribution >= 4 is 17.6 Å². The Labute approximate surface area is 137 Å². The number of carboxylic acids is 1. The maximum absolute atomic E-state index is 10.8. The van der Waals surface area contributed by atoms with Crippen LogP contribution in [0.1, 0.15) is 27.6 Å². The highest BCUT2D eigenvalue weighted by Crippen LogP contribution is 2.27. The molecule has 0 radical (unpaired) electrons. The number of hydrogen-bond donors (Lipinski definition) is 2. The first-order valence-electron chi connectivity index (χ1n) is 7.16. The average Bonchev–Trinajstić information content (AvgIpc) is 3.12. The fraction of sp³-hybridized carbons (Fsp3) is 0.200. The third kappa shape index (κ3) is 2.91. The smallest absolute Gasteiger partial charge is 0.373 e. The third-order valence-corrected chi connectivity index (χ3v) is 3.45. The molecule has 0 saturated carbocycles. The Morgan fingerprint density at radius 2 is 1.88 bits per heavy atom. The van der Waals surface area contributed by atoms with Gasteiger partial charge in [-0.25, -0.2) is 9.48 Å². The van der Waals surface area contributed by atoms with Crippen molar-refractivity contribution in [1.82, 2.24) is 25.0 Å². The van der Waals surface area contributed by atoms with Crippen LogP contribution in [0.15, 0.2) is 34.5 Å². The summed E-state index contributed by atoms with van der Waals surface area (Å²) in [6.45, 7) is 5.73. The zero-order chi connectivity index (χ0) is 17.3. The molecule has 9 heteroatoms. The van der Waals surface area contributed by atoms with Crippen molar-refractivity contribution in [3.63, 3.8) is 0 Å². The van der Waals surface area contributed by atoms with E-state index < -0.39 is 5.97 Å². The van der Waals surface area contributed by atoms with E-state index in [1.807, 2.05) is 45.0 Å². The van der Waals surface area contributed by atoms with Crippen LogP contribution in [-0.2, 0) is 0 Å². The van der Waals surface area contributed by atoms with Crippen molar-refractivity contribution in [1.29, 1.82) is 0 Å². The molecule has 2 aromatic heterocycles. The summed E-state index contributed by atoms with van der Waals surface area (Å²) >= 11 is 0. The molecule has 2 heterocycles. The molecule has 0 aliphatic heterocycles. The SMILES string of the molecule is Cc1ccc(-n2nc(C)c(N=Nc3n[nH]c(C(=O)O)n3)c2C)cc1. The normalized spacial score (nSPS) is 11.3. The van der Waals surface area contributed by atoms with Crippen LogP contribution in [0.4, 0.5) is 11.6 Å². The van der Waals surface area contributed by atoms with Gasteiger partial charge in [-0.05, 0) is 32.9 Å². The zero-order valence-corrected chi connectivity index (χ0v) is 13.3. The molecule has 0 spiro atoms. The molecule has 3 rings (SSSR count). The van der Waals surface area contributed by atoms with Crippen LogP contribution in [-0.4, -0.2) is 36.0 Å². The second kappa shape index (κ2) is 6.03. The molecular weight excluding hydrogens is 310 g/mol. The van der Waals surface area contributed by atoms with Gasteiger partial charge in [-0.2, -0.15) is 10.1 Å². The Morgan fingerprint density at radius 1 is 1.17 bits per heavy atom. The number of aromatic carboxylic acids is 1. The molecule has 0 bridgehead atoms. The Kier molecular flexibility index (Phi) is 3.90.